The summed E-state index contributed by atoms with van der Waals surface area (Å²) in [5.41, 5.74) is 1.34. The van der Waals surface area contributed by atoms with Crippen molar-refractivity contribution < 1.29 is 9.18 Å². The van der Waals surface area contributed by atoms with Gasteiger partial charge >= 0.3 is 0 Å². The van der Waals surface area contributed by atoms with Crippen molar-refractivity contribution in [1.82, 2.24) is 0 Å². The van der Waals surface area contributed by atoms with Crippen LogP contribution in [0.4, 0.5) is 10.1 Å². The summed E-state index contributed by atoms with van der Waals surface area (Å²) in [6, 6.07) is 5.03. The maximum atomic E-state index is 13.9. The summed E-state index contributed by atoms with van der Waals surface area (Å²) in [4.78, 5) is 11.6. The first-order valence-corrected chi connectivity index (χ1v) is 6.75. The van der Waals surface area contributed by atoms with Crippen LogP contribution in [-0.2, 0) is 11.2 Å². The van der Waals surface area contributed by atoms with E-state index in [1.807, 2.05) is 19.9 Å². The molecule has 0 saturated heterocycles. The maximum Gasteiger partial charge on any atom is 0.224 e. The van der Waals surface area contributed by atoms with Gasteiger partial charge in [-0.25, -0.2) is 4.39 Å². The summed E-state index contributed by atoms with van der Waals surface area (Å²) < 4.78 is 13.9. The van der Waals surface area contributed by atoms with Crippen LogP contribution in [0.2, 0.25) is 0 Å². The van der Waals surface area contributed by atoms with E-state index in [0.717, 1.165) is 12.0 Å². The highest BCUT2D eigenvalue weighted by Gasteiger charge is 2.14. The minimum atomic E-state index is -0.362. The van der Waals surface area contributed by atoms with Crippen LogP contribution >= 0.6 is 0 Å². The molecular formula is C16H24FNO. The Morgan fingerprint density at radius 3 is 2.42 bits per heavy atom. The van der Waals surface area contributed by atoms with Crippen LogP contribution in [-0.4, -0.2) is 5.91 Å². The second-order valence-corrected chi connectivity index (χ2v) is 6.70. The number of benzene rings is 1. The van der Waals surface area contributed by atoms with E-state index in [9.17, 15) is 9.18 Å². The van der Waals surface area contributed by atoms with Crippen molar-refractivity contribution in [1.29, 1.82) is 0 Å². The van der Waals surface area contributed by atoms with E-state index >= 15 is 0 Å². The lowest BCUT2D eigenvalue weighted by Gasteiger charge is -2.18. The van der Waals surface area contributed by atoms with Crippen molar-refractivity contribution in [2.75, 3.05) is 5.32 Å². The highest BCUT2D eigenvalue weighted by Crippen LogP contribution is 2.23. The van der Waals surface area contributed by atoms with Crippen LogP contribution in [0.25, 0.3) is 0 Å². The third kappa shape index (κ3) is 5.86. The Labute approximate surface area is 115 Å². The molecule has 1 rings (SSSR count). The van der Waals surface area contributed by atoms with E-state index in [1.165, 1.54) is 6.07 Å². The van der Waals surface area contributed by atoms with Crippen molar-refractivity contribution >= 4 is 11.6 Å². The van der Waals surface area contributed by atoms with Crippen molar-refractivity contribution in [3.8, 4) is 0 Å². The van der Waals surface area contributed by atoms with E-state index in [1.54, 1.807) is 6.07 Å². The number of anilines is 1. The quantitative estimate of drug-likeness (QED) is 0.859. The van der Waals surface area contributed by atoms with E-state index < -0.39 is 0 Å². The number of carbonyl (C=O) groups is 1. The zero-order valence-electron chi connectivity index (χ0n) is 12.5. The summed E-state index contributed by atoms with van der Waals surface area (Å²) in [7, 11) is 0. The molecule has 2 nitrogen and oxygen atoms in total. The number of hydrogen-bond donors (Lipinski definition) is 1. The fourth-order valence-electron chi connectivity index (χ4n) is 1.95. The molecule has 1 aromatic rings. The molecule has 0 aliphatic rings. The first-order chi connectivity index (χ1) is 8.67. The molecule has 0 aromatic heterocycles. The van der Waals surface area contributed by atoms with Gasteiger partial charge < -0.3 is 5.32 Å². The van der Waals surface area contributed by atoms with Gasteiger partial charge in [0, 0.05) is 6.42 Å². The van der Waals surface area contributed by atoms with Crippen LogP contribution in [0, 0.1) is 17.2 Å². The molecular weight excluding hydrogens is 241 g/mol. The number of carbonyl (C=O) groups excluding carboxylic acids is 1. The van der Waals surface area contributed by atoms with Crippen molar-refractivity contribution in [3.05, 3.63) is 29.6 Å². The van der Waals surface area contributed by atoms with Crippen LogP contribution in [0.1, 0.15) is 46.6 Å². The molecule has 0 heterocycles. The number of halogens is 1. The molecule has 0 unspecified atom stereocenters. The standard InChI is InChI=1S/C16H24FNO/c1-11(2)8-15(19)18-14-7-6-12(9-13(14)17)10-16(3,4)5/h6-7,9,11H,8,10H2,1-5H3,(H,18,19). The van der Waals surface area contributed by atoms with Gasteiger partial charge in [0.1, 0.15) is 5.82 Å². The molecule has 0 aliphatic carbocycles. The topological polar surface area (TPSA) is 29.1 Å². The number of hydrogen-bond acceptors (Lipinski definition) is 1. The molecule has 106 valence electrons. The SMILES string of the molecule is CC(C)CC(=O)Nc1ccc(CC(C)(C)C)cc1F. The largest absolute Gasteiger partial charge is 0.324 e. The Morgan fingerprint density at radius 1 is 1.32 bits per heavy atom. The van der Waals surface area contributed by atoms with Gasteiger partial charge in [0.2, 0.25) is 5.91 Å². The van der Waals surface area contributed by atoms with Gasteiger partial charge in [-0.2, -0.15) is 0 Å². The van der Waals surface area contributed by atoms with E-state index in [-0.39, 0.29) is 28.7 Å². The van der Waals surface area contributed by atoms with Gasteiger partial charge in [0.25, 0.3) is 0 Å². The average Bonchev–Trinajstić information content (AvgIpc) is 2.18. The Hall–Kier alpha value is -1.38. The predicted octanol–water partition coefficient (Wildman–Crippen LogP) is 4.40. The highest BCUT2D eigenvalue weighted by molar-refractivity contribution is 5.90. The van der Waals surface area contributed by atoms with Crippen molar-refractivity contribution in [2.24, 2.45) is 11.3 Å². The molecule has 0 saturated carbocycles. The normalized spacial score (nSPS) is 11.7. The van der Waals surface area contributed by atoms with Gasteiger partial charge in [-0.05, 0) is 35.4 Å². The fraction of sp³-hybridized carbons (Fsp3) is 0.562. The number of rotatable bonds is 4. The van der Waals surface area contributed by atoms with Gasteiger partial charge in [0.05, 0.1) is 5.69 Å². The third-order valence-electron chi connectivity index (χ3n) is 2.64. The summed E-state index contributed by atoms with van der Waals surface area (Å²) in [6.07, 6.45) is 1.22. The van der Waals surface area contributed by atoms with Crippen LogP contribution < -0.4 is 5.32 Å². The van der Waals surface area contributed by atoms with E-state index in [4.69, 9.17) is 0 Å². The minimum Gasteiger partial charge on any atom is -0.324 e. The smallest absolute Gasteiger partial charge is 0.224 e. The maximum absolute atomic E-state index is 13.9. The van der Waals surface area contributed by atoms with Gasteiger partial charge in [-0.15, -0.1) is 0 Å². The molecule has 0 atom stereocenters. The summed E-state index contributed by atoms with van der Waals surface area (Å²) >= 11 is 0. The molecule has 1 N–H and O–H groups in total. The van der Waals surface area contributed by atoms with Crippen molar-refractivity contribution in [2.45, 2.75) is 47.5 Å². The molecule has 1 aromatic carbocycles. The molecule has 0 fully saturated rings. The molecule has 0 bridgehead atoms. The Bertz CT molecular complexity index is 447. The lowest BCUT2D eigenvalue weighted by molar-refractivity contribution is -0.116. The fourth-order valence-corrected chi connectivity index (χ4v) is 1.95. The van der Waals surface area contributed by atoms with Gasteiger partial charge in [-0.1, -0.05) is 40.7 Å². The third-order valence-corrected chi connectivity index (χ3v) is 2.64. The van der Waals surface area contributed by atoms with Crippen LogP contribution in [0.3, 0.4) is 0 Å². The first kappa shape index (κ1) is 15.7. The second-order valence-electron chi connectivity index (χ2n) is 6.70. The average molecular weight is 265 g/mol. The molecule has 19 heavy (non-hydrogen) atoms. The molecule has 0 aliphatic heterocycles. The summed E-state index contributed by atoms with van der Waals surface area (Å²) in [5.74, 6) is -0.237. The molecule has 1 amide bonds. The van der Waals surface area contributed by atoms with E-state index in [0.29, 0.717) is 6.42 Å². The molecule has 3 heteroatoms. The molecule has 0 spiro atoms. The summed E-state index contributed by atoms with van der Waals surface area (Å²) in [6.45, 7) is 10.3. The van der Waals surface area contributed by atoms with Crippen molar-refractivity contribution in [3.63, 3.8) is 0 Å². The van der Waals surface area contributed by atoms with E-state index in [2.05, 4.69) is 26.1 Å². The zero-order chi connectivity index (χ0) is 14.6. The minimum absolute atomic E-state index is 0.120. The zero-order valence-corrected chi connectivity index (χ0v) is 12.5. The lowest BCUT2D eigenvalue weighted by Crippen LogP contribution is -2.15. The lowest BCUT2D eigenvalue weighted by atomic mass is 9.88. The Balaban J connectivity index is 2.75. The van der Waals surface area contributed by atoms with Gasteiger partial charge in [0.15, 0.2) is 0 Å². The predicted molar refractivity (Wildman–Crippen MR) is 77.6 cm³/mol. The Kier molecular flexibility index (Phi) is 5.10. The highest BCUT2D eigenvalue weighted by atomic mass is 19.1. The summed E-state index contributed by atoms with van der Waals surface area (Å²) in [5, 5.41) is 2.62. The number of amides is 1. The second kappa shape index (κ2) is 6.18. The number of nitrogens with one attached hydrogen (secondary N) is 1. The first-order valence-electron chi connectivity index (χ1n) is 6.75. The van der Waals surface area contributed by atoms with Crippen LogP contribution in [0.5, 0.6) is 0 Å². The monoisotopic (exact) mass is 265 g/mol. The van der Waals surface area contributed by atoms with Gasteiger partial charge in [-0.3, -0.25) is 4.79 Å². The Morgan fingerprint density at radius 2 is 1.95 bits per heavy atom. The molecule has 0 radical (unpaired) electrons. The van der Waals surface area contributed by atoms with Crippen LogP contribution in [0.15, 0.2) is 18.2 Å².